The van der Waals surface area contributed by atoms with E-state index in [0.29, 0.717) is 35.7 Å². The van der Waals surface area contributed by atoms with E-state index in [4.69, 9.17) is 0 Å². The van der Waals surface area contributed by atoms with Crippen molar-refractivity contribution >= 4 is 16.8 Å². The van der Waals surface area contributed by atoms with Crippen LogP contribution in [0.2, 0.25) is 0 Å². The fraction of sp³-hybridized carbons (Fsp3) is 0.120. The van der Waals surface area contributed by atoms with Gasteiger partial charge in [0, 0.05) is 36.0 Å². The number of halogens is 1. The summed E-state index contributed by atoms with van der Waals surface area (Å²) in [4.78, 5) is 16.5. The summed E-state index contributed by atoms with van der Waals surface area (Å²) in [7, 11) is 0. The van der Waals surface area contributed by atoms with Crippen LogP contribution >= 0.6 is 0 Å². The van der Waals surface area contributed by atoms with Gasteiger partial charge >= 0.3 is 0 Å². The van der Waals surface area contributed by atoms with Gasteiger partial charge in [0.15, 0.2) is 5.82 Å². The molecule has 0 aliphatic heterocycles. The molecule has 0 atom stereocenters. The first-order chi connectivity index (χ1) is 15.6. The zero-order chi connectivity index (χ0) is 22.1. The van der Waals surface area contributed by atoms with E-state index in [2.05, 4.69) is 21.5 Å². The lowest BCUT2D eigenvalue weighted by Crippen LogP contribution is -2.27. The van der Waals surface area contributed by atoms with Crippen LogP contribution in [0.3, 0.4) is 0 Å². The van der Waals surface area contributed by atoms with E-state index < -0.39 is 0 Å². The van der Waals surface area contributed by atoms with Gasteiger partial charge in [-0.25, -0.2) is 9.07 Å². The molecule has 0 saturated carbocycles. The Labute approximate surface area is 184 Å². The van der Waals surface area contributed by atoms with E-state index >= 15 is 0 Å². The Balaban J connectivity index is 1.43. The van der Waals surface area contributed by atoms with Crippen molar-refractivity contribution in [1.29, 1.82) is 0 Å². The van der Waals surface area contributed by atoms with E-state index in [1.807, 2.05) is 60.4 Å². The van der Waals surface area contributed by atoms with E-state index in [0.717, 1.165) is 16.5 Å². The SMILES string of the molecule is Cc1nn(-c2ccc(F)cc2)c(-n2cccc2)c1C(=O)NCCc1c[nH]c2ccccc12. The number of para-hydroxylation sites is 1. The Bertz CT molecular complexity index is 1380. The van der Waals surface area contributed by atoms with E-state index in [9.17, 15) is 9.18 Å². The number of hydrogen-bond acceptors (Lipinski definition) is 2. The molecule has 7 heteroatoms. The lowest BCUT2D eigenvalue weighted by molar-refractivity contribution is 0.0953. The molecule has 1 amide bonds. The molecule has 0 bridgehead atoms. The number of amides is 1. The average Bonchev–Trinajstić information content (AvgIpc) is 3.53. The number of H-pyrrole nitrogens is 1. The average molecular weight is 427 g/mol. The fourth-order valence-corrected chi connectivity index (χ4v) is 3.99. The van der Waals surface area contributed by atoms with Crippen molar-refractivity contribution in [3.63, 3.8) is 0 Å². The van der Waals surface area contributed by atoms with Crippen molar-refractivity contribution in [3.05, 3.63) is 102 Å². The summed E-state index contributed by atoms with van der Waals surface area (Å²) in [5, 5.41) is 8.80. The topological polar surface area (TPSA) is 67.6 Å². The fourth-order valence-electron chi connectivity index (χ4n) is 3.99. The highest BCUT2D eigenvalue weighted by Crippen LogP contribution is 2.23. The number of benzene rings is 2. The smallest absolute Gasteiger partial charge is 0.257 e. The first-order valence-electron chi connectivity index (χ1n) is 10.4. The molecule has 0 saturated heterocycles. The highest BCUT2D eigenvalue weighted by atomic mass is 19.1. The number of carbonyl (C=O) groups is 1. The second-order valence-corrected chi connectivity index (χ2v) is 7.63. The second-order valence-electron chi connectivity index (χ2n) is 7.63. The molecule has 0 radical (unpaired) electrons. The summed E-state index contributed by atoms with van der Waals surface area (Å²) in [5.41, 5.74) is 4.01. The van der Waals surface area contributed by atoms with Crippen LogP contribution in [0, 0.1) is 12.7 Å². The number of hydrogen-bond donors (Lipinski definition) is 2. The zero-order valence-electron chi connectivity index (χ0n) is 17.5. The molecule has 2 aromatic carbocycles. The van der Waals surface area contributed by atoms with Gasteiger partial charge in [0.05, 0.1) is 11.4 Å². The number of fused-ring (bicyclic) bond motifs is 1. The second kappa shape index (κ2) is 8.19. The summed E-state index contributed by atoms with van der Waals surface area (Å²) < 4.78 is 17.0. The van der Waals surface area contributed by atoms with E-state index in [1.54, 1.807) is 16.8 Å². The summed E-state index contributed by atoms with van der Waals surface area (Å²) in [6.45, 7) is 2.30. The molecule has 0 aliphatic carbocycles. The number of rotatable bonds is 6. The third kappa shape index (κ3) is 3.58. The summed E-state index contributed by atoms with van der Waals surface area (Å²) in [6.07, 6.45) is 6.41. The maximum atomic E-state index is 13.4. The Kier molecular flexibility index (Phi) is 5.07. The largest absolute Gasteiger partial charge is 0.361 e. The van der Waals surface area contributed by atoms with Gasteiger partial charge < -0.3 is 14.9 Å². The van der Waals surface area contributed by atoms with Crippen LogP contribution in [0.1, 0.15) is 21.6 Å². The number of nitrogens with one attached hydrogen (secondary N) is 2. The van der Waals surface area contributed by atoms with Crippen molar-refractivity contribution in [2.24, 2.45) is 0 Å². The minimum absolute atomic E-state index is 0.195. The molecule has 0 fully saturated rings. The molecule has 3 aromatic heterocycles. The normalized spacial score (nSPS) is 11.2. The molecule has 6 nitrogen and oxygen atoms in total. The summed E-state index contributed by atoms with van der Waals surface area (Å²) >= 11 is 0. The number of nitrogens with zero attached hydrogens (tertiary/aromatic N) is 3. The van der Waals surface area contributed by atoms with Crippen molar-refractivity contribution in [3.8, 4) is 11.5 Å². The van der Waals surface area contributed by atoms with Gasteiger partial charge in [-0.15, -0.1) is 0 Å². The first-order valence-corrected chi connectivity index (χ1v) is 10.4. The maximum Gasteiger partial charge on any atom is 0.257 e. The Morgan fingerprint density at radius 3 is 2.59 bits per heavy atom. The zero-order valence-corrected chi connectivity index (χ0v) is 17.5. The Morgan fingerprint density at radius 1 is 1.06 bits per heavy atom. The maximum absolute atomic E-state index is 13.4. The molecule has 5 rings (SSSR count). The Morgan fingerprint density at radius 2 is 1.81 bits per heavy atom. The molecule has 3 heterocycles. The molecule has 32 heavy (non-hydrogen) atoms. The number of aryl methyl sites for hydroxylation is 1. The van der Waals surface area contributed by atoms with Crippen molar-refractivity contribution in [2.75, 3.05) is 6.54 Å². The van der Waals surface area contributed by atoms with Crippen molar-refractivity contribution in [1.82, 2.24) is 24.6 Å². The van der Waals surface area contributed by atoms with Crippen LogP contribution in [-0.4, -0.2) is 31.8 Å². The lowest BCUT2D eigenvalue weighted by atomic mass is 10.1. The van der Waals surface area contributed by atoms with Crippen LogP contribution in [-0.2, 0) is 6.42 Å². The monoisotopic (exact) mass is 427 g/mol. The highest BCUT2D eigenvalue weighted by molar-refractivity contribution is 5.98. The van der Waals surface area contributed by atoms with Crippen LogP contribution in [0.15, 0.2) is 79.3 Å². The number of aromatic nitrogens is 4. The lowest BCUT2D eigenvalue weighted by Gasteiger charge is -2.11. The molecular formula is C25H22FN5O. The molecule has 5 aromatic rings. The quantitative estimate of drug-likeness (QED) is 0.417. The van der Waals surface area contributed by atoms with Crippen LogP contribution < -0.4 is 5.32 Å². The van der Waals surface area contributed by atoms with Gasteiger partial charge in [-0.05, 0) is 61.4 Å². The Hall–Kier alpha value is -4.13. The van der Waals surface area contributed by atoms with Crippen molar-refractivity contribution in [2.45, 2.75) is 13.3 Å². The van der Waals surface area contributed by atoms with E-state index in [-0.39, 0.29) is 11.7 Å². The van der Waals surface area contributed by atoms with E-state index in [1.165, 1.54) is 12.1 Å². The predicted octanol–water partition coefficient (Wildman–Crippen LogP) is 4.56. The van der Waals surface area contributed by atoms with Gasteiger partial charge in [0.2, 0.25) is 0 Å². The molecule has 2 N–H and O–H groups in total. The minimum atomic E-state index is -0.324. The third-order valence-electron chi connectivity index (χ3n) is 5.54. The third-order valence-corrected chi connectivity index (χ3v) is 5.54. The molecular weight excluding hydrogens is 405 g/mol. The number of aromatic amines is 1. The van der Waals surface area contributed by atoms with Gasteiger partial charge in [-0.2, -0.15) is 5.10 Å². The molecule has 0 unspecified atom stereocenters. The van der Waals surface area contributed by atoms with Gasteiger partial charge in [-0.3, -0.25) is 4.79 Å². The minimum Gasteiger partial charge on any atom is -0.361 e. The van der Waals surface area contributed by atoms with Crippen LogP contribution in [0.5, 0.6) is 0 Å². The highest BCUT2D eigenvalue weighted by Gasteiger charge is 2.23. The molecule has 160 valence electrons. The molecule has 0 spiro atoms. The summed E-state index contributed by atoms with van der Waals surface area (Å²) in [6, 6.07) is 17.9. The van der Waals surface area contributed by atoms with Crippen LogP contribution in [0.25, 0.3) is 22.4 Å². The number of carbonyl (C=O) groups excluding carboxylic acids is 1. The first kappa shape index (κ1) is 19.8. The predicted molar refractivity (Wildman–Crippen MR) is 122 cm³/mol. The van der Waals surface area contributed by atoms with Crippen molar-refractivity contribution < 1.29 is 9.18 Å². The van der Waals surface area contributed by atoms with Gasteiger partial charge in [0.1, 0.15) is 11.4 Å². The van der Waals surface area contributed by atoms with Gasteiger partial charge in [-0.1, -0.05) is 18.2 Å². The standard InChI is InChI=1S/C25H22FN5O/c1-17-23(24(32)27-13-12-18-16-28-22-7-3-2-6-21(18)22)25(30-14-4-5-15-30)31(29-17)20-10-8-19(26)9-11-20/h2-11,14-16,28H,12-13H2,1H3,(H,27,32). The summed E-state index contributed by atoms with van der Waals surface area (Å²) in [5.74, 6) is 0.0958. The molecule has 0 aliphatic rings. The van der Waals surface area contributed by atoms with Gasteiger partial charge in [0.25, 0.3) is 5.91 Å². The van der Waals surface area contributed by atoms with Crippen LogP contribution in [0.4, 0.5) is 4.39 Å².